The molecule has 0 aromatic heterocycles. The molecule has 6 heteroatoms. The summed E-state index contributed by atoms with van der Waals surface area (Å²) in [4.78, 5) is 12.3. The molecular weight excluding hydrogens is 274 g/mol. The van der Waals surface area contributed by atoms with E-state index in [1.807, 2.05) is 0 Å². The highest BCUT2D eigenvalue weighted by Gasteiger charge is 2.33. The molecule has 0 heterocycles. The molecule has 1 amide bonds. The average Bonchev–Trinajstić information content (AvgIpc) is 2.85. The Balaban J connectivity index is 2.07. The van der Waals surface area contributed by atoms with E-state index < -0.39 is 6.10 Å². The number of carbonyl (C=O) groups excluding carboxylic acids is 1. The molecule has 0 spiro atoms. The van der Waals surface area contributed by atoms with Crippen molar-refractivity contribution in [2.45, 2.75) is 25.0 Å². The molecular formula is C15H21NO5. The van der Waals surface area contributed by atoms with Crippen LogP contribution < -0.4 is 14.8 Å². The number of rotatable bonds is 5. The maximum Gasteiger partial charge on any atom is 0.255 e. The Hall–Kier alpha value is -1.79. The second-order valence-electron chi connectivity index (χ2n) is 5.22. The number of amides is 1. The lowest BCUT2D eigenvalue weighted by Crippen LogP contribution is -2.33. The van der Waals surface area contributed by atoms with Crippen molar-refractivity contribution >= 4 is 5.91 Å². The van der Waals surface area contributed by atoms with Crippen LogP contribution in [0, 0.1) is 5.92 Å². The van der Waals surface area contributed by atoms with Crippen LogP contribution in [0.25, 0.3) is 0 Å². The summed E-state index contributed by atoms with van der Waals surface area (Å²) in [6.07, 6.45) is 0.454. The quantitative estimate of drug-likeness (QED) is 0.739. The van der Waals surface area contributed by atoms with E-state index >= 15 is 0 Å². The third-order valence-corrected chi connectivity index (χ3v) is 3.88. The van der Waals surface area contributed by atoms with E-state index in [0.717, 1.165) is 0 Å². The van der Waals surface area contributed by atoms with E-state index in [1.54, 1.807) is 25.3 Å². The van der Waals surface area contributed by atoms with Gasteiger partial charge in [0, 0.05) is 24.6 Å². The van der Waals surface area contributed by atoms with Crippen molar-refractivity contribution in [2.24, 2.45) is 5.92 Å². The molecule has 1 fully saturated rings. The zero-order valence-electron chi connectivity index (χ0n) is 12.2. The van der Waals surface area contributed by atoms with E-state index in [0.29, 0.717) is 29.9 Å². The summed E-state index contributed by atoms with van der Waals surface area (Å²) in [6.45, 7) is -0.0700. The number of carbonyl (C=O) groups is 1. The van der Waals surface area contributed by atoms with E-state index in [1.165, 1.54) is 7.11 Å². The lowest BCUT2D eigenvalue weighted by atomic mass is 10.1. The minimum atomic E-state index is -0.571. The molecule has 0 bridgehead atoms. The van der Waals surface area contributed by atoms with Crippen LogP contribution in [-0.4, -0.2) is 49.1 Å². The van der Waals surface area contributed by atoms with Gasteiger partial charge >= 0.3 is 0 Å². The van der Waals surface area contributed by atoms with Crippen molar-refractivity contribution in [3.8, 4) is 11.5 Å². The molecule has 0 unspecified atom stereocenters. The molecule has 116 valence electrons. The van der Waals surface area contributed by atoms with Crippen LogP contribution in [0.5, 0.6) is 11.5 Å². The van der Waals surface area contributed by atoms with Crippen LogP contribution >= 0.6 is 0 Å². The highest BCUT2D eigenvalue weighted by Crippen LogP contribution is 2.28. The Morgan fingerprint density at radius 1 is 1.33 bits per heavy atom. The molecule has 3 atom stereocenters. The fourth-order valence-electron chi connectivity index (χ4n) is 2.67. The Morgan fingerprint density at radius 2 is 2.10 bits per heavy atom. The topological polar surface area (TPSA) is 88.0 Å². The zero-order valence-corrected chi connectivity index (χ0v) is 12.2. The third kappa shape index (κ3) is 3.46. The van der Waals surface area contributed by atoms with Crippen molar-refractivity contribution in [3.63, 3.8) is 0 Å². The van der Waals surface area contributed by atoms with Crippen LogP contribution in [0.3, 0.4) is 0 Å². The van der Waals surface area contributed by atoms with E-state index in [9.17, 15) is 9.90 Å². The standard InChI is InChI=1S/C15H21NO5/c1-20-11-3-4-12(14(7-11)21-2)15(19)16-10-5-9(8-17)13(18)6-10/h3-4,7,9-10,13,17-18H,5-6,8H2,1-2H3,(H,16,19)/t9-,10+,13+/m0/s1. The number of hydrogen-bond acceptors (Lipinski definition) is 5. The molecule has 1 aliphatic rings. The lowest BCUT2D eigenvalue weighted by Gasteiger charge is -2.15. The van der Waals surface area contributed by atoms with Gasteiger partial charge in [0.2, 0.25) is 0 Å². The molecule has 1 aliphatic carbocycles. The molecule has 1 aromatic rings. The number of hydrogen-bond donors (Lipinski definition) is 3. The summed E-state index contributed by atoms with van der Waals surface area (Å²) >= 11 is 0. The predicted octanol–water partition coefficient (Wildman–Crippen LogP) is 0.565. The molecule has 3 N–H and O–H groups in total. The van der Waals surface area contributed by atoms with E-state index in [4.69, 9.17) is 14.6 Å². The van der Waals surface area contributed by atoms with Crippen LogP contribution in [0.4, 0.5) is 0 Å². The maximum absolute atomic E-state index is 12.3. The monoisotopic (exact) mass is 295 g/mol. The van der Waals surface area contributed by atoms with Crippen molar-refractivity contribution in [3.05, 3.63) is 23.8 Å². The van der Waals surface area contributed by atoms with Gasteiger partial charge in [-0.3, -0.25) is 4.79 Å². The Kier molecular flexibility index (Phi) is 5.03. The number of benzene rings is 1. The van der Waals surface area contributed by atoms with Gasteiger partial charge in [-0.25, -0.2) is 0 Å². The van der Waals surface area contributed by atoms with Gasteiger partial charge < -0.3 is 25.0 Å². The van der Waals surface area contributed by atoms with Crippen LogP contribution in [0.1, 0.15) is 23.2 Å². The molecule has 0 saturated heterocycles. The first-order valence-corrected chi connectivity index (χ1v) is 6.90. The van der Waals surface area contributed by atoms with Gasteiger partial charge in [-0.15, -0.1) is 0 Å². The first kappa shape index (κ1) is 15.6. The van der Waals surface area contributed by atoms with Crippen LogP contribution in [0.2, 0.25) is 0 Å². The summed E-state index contributed by atoms with van der Waals surface area (Å²) in [5.74, 6) is 0.613. The van der Waals surface area contributed by atoms with Crippen LogP contribution in [-0.2, 0) is 0 Å². The fourth-order valence-corrected chi connectivity index (χ4v) is 2.67. The van der Waals surface area contributed by atoms with E-state index in [-0.39, 0.29) is 24.5 Å². The maximum atomic E-state index is 12.3. The molecule has 2 rings (SSSR count). The van der Waals surface area contributed by atoms with Crippen molar-refractivity contribution in [1.82, 2.24) is 5.32 Å². The van der Waals surface area contributed by atoms with Crippen molar-refractivity contribution < 1.29 is 24.5 Å². The minimum Gasteiger partial charge on any atom is -0.497 e. The third-order valence-electron chi connectivity index (χ3n) is 3.88. The minimum absolute atomic E-state index is 0.0700. The molecule has 0 aliphatic heterocycles. The van der Waals surface area contributed by atoms with Crippen molar-refractivity contribution in [2.75, 3.05) is 20.8 Å². The van der Waals surface area contributed by atoms with Crippen molar-refractivity contribution in [1.29, 1.82) is 0 Å². The van der Waals surface area contributed by atoms with Gasteiger partial charge in [-0.1, -0.05) is 0 Å². The summed E-state index contributed by atoms with van der Waals surface area (Å²) < 4.78 is 10.3. The van der Waals surface area contributed by atoms with Crippen LogP contribution in [0.15, 0.2) is 18.2 Å². The Morgan fingerprint density at radius 3 is 2.67 bits per heavy atom. The molecule has 6 nitrogen and oxygen atoms in total. The molecule has 1 saturated carbocycles. The summed E-state index contributed by atoms with van der Waals surface area (Å²) in [6, 6.07) is 4.84. The van der Waals surface area contributed by atoms with Gasteiger partial charge in [-0.05, 0) is 25.0 Å². The van der Waals surface area contributed by atoms with E-state index in [2.05, 4.69) is 5.32 Å². The van der Waals surface area contributed by atoms with Gasteiger partial charge in [0.15, 0.2) is 0 Å². The molecule has 21 heavy (non-hydrogen) atoms. The Labute approximate surface area is 123 Å². The van der Waals surface area contributed by atoms with Gasteiger partial charge in [-0.2, -0.15) is 0 Å². The first-order chi connectivity index (χ1) is 10.1. The molecule has 1 aromatic carbocycles. The first-order valence-electron chi connectivity index (χ1n) is 6.90. The zero-order chi connectivity index (χ0) is 15.4. The number of aliphatic hydroxyl groups is 2. The highest BCUT2D eigenvalue weighted by atomic mass is 16.5. The number of ether oxygens (including phenoxy) is 2. The SMILES string of the molecule is COc1ccc(C(=O)N[C@@H]2C[C@@H](CO)[C@H](O)C2)c(OC)c1. The van der Waals surface area contributed by atoms with Gasteiger partial charge in [0.1, 0.15) is 11.5 Å². The highest BCUT2D eigenvalue weighted by molar-refractivity contribution is 5.97. The summed E-state index contributed by atoms with van der Waals surface area (Å²) in [5, 5.41) is 21.8. The largest absolute Gasteiger partial charge is 0.497 e. The summed E-state index contributed by atoms with van der Waals surface area (Å²) in [5.41, 5.74) is 0.417. The number of methoxy groups -OCH3 is 2. The second kappa shape index (κ2) is 6.78. The lowest BCUT2D eigenvalue weighted by molar-refractivity contribution is 0.0903. The Bertz CT molecular complexity index is 505. The summed E-state index contributed by atoms with van der Waals surface area (Å²) in [7, 11) is 3.04. The smallest absolute Gasteiger partial charge is 0.255 e. The normalized spacial score (nSPS) is 24.7. The predicted molar refractivity (Wildman–Crippen MR) is 76.6 cm³/mol. The number of aliphatic hydroxyl groups excluding tert-OH is 2. The molecule has 0 radical (unpaired) electrons. The average molecular weight is 295 g/mol. The number of nitrogens with one attached hydrogen (secondary N) is 1. The van der Waals surface area contributed by atoms with Gasteiger partial charge in [0.25, 0.3) is 5.91 Å². The fraction of sp³-hybridized carbons (Fsp3) is 0.533. The van der Waals surface area contributed by atoms with Gasteiger partial charge in [0.05, 0.1) is 25.9 Å². The second-order valence-corrected chi connectivity index (χ2v) is 5.22.